The van der Waals surface area contributed by atoms with E-state index in [2.05, 4.69) is 0 Å². The summed E-state index contributed by atoms with van der Waals surface area (Å²) in [5.41, 5.74) is 1.15. The first kappa shape index (κ1) is 7.86. The molecule has 1 aromatic carbocycles. The SMILES string of the molecule is Bc1ccc(OC(C)=O)cc1. The largest absolute Gasteiger partial charge is 0.427 e. The number of carbonyl (C=O) groups is 1. The Morgan fingerprint density at radius 2 is 1.91 bits per heavy atom. The van der Waals surface area contributed by atoms with E-state index >= 15 is 0 Å². The van der Waals surface area contributed by atoms with Gasteiger partial charge in [-0.3, -0.25) is 4.79 Å². The molecule has 56 valence electrons. The van der Waals surface area contributed by atoms with Crippen molar-refractivity contribution in [3.63, 3.8) is 0 Å². The van der Waals surface area contributed by atoms with Gasteiger partial charge in [-0.2, -0.15) is 0 Å². The molecule has 0 saturated carbocycles. The highest BCUT2D eigenvalue weighted by Crippen LogP contribution is 2.06. The number of ether oxygens (including phenoxy) is 1. The first-order valence-corrected chi connectivity index (χ1v) is 3.43. The van der Waals surface area contributed by atoms with Gasteiger partial charge in [0.05, 0.1) is 0 Å². The molecule has 0 aromatic heterocycles. The van der Waals surface area contributed by atoms with Gasteiger partial charge in [0.1, 0.15) is 13.6 Å². The summed E-state index contributed by atoms with van der Waals surface area (Å²) in [7, 11) is 1.98. The Labute approximate surface area is 66.6 Å². The summed E-state index contributed by atoms with van der Waals surface area (Å²) in [6, 6.07) is 7.35. The second-order valence-corrected chi connectivity index (χ2v) is 2.41. The topological polar surface area (TPSA) is 26.3 Å². The standard InChI is InChI=1S/C8H9BO2/c1-6(10)11-8-4-2-7(9)3-5-8/h2-5H,9H2,1H3. The molecule has 0 heterocycles. The van der Waals surface area contributed by atoms with Crippen molar-refractivity contribution in [1.82, 2.24) is 0 Å². The molecule has 1 rings (SSSR count). The molecule has 0 spiro atoms. The molecular weight excluding hydrogens is 139 g/mol. The maximum atomic E-state index is 10.5. The van der Waals surface area contributed by atoms with Crippen molar-refractivity contribution >= 4 is 19.3 Å². The van der Waals surface area contributed by atoms with Crippen LogP contribution in [-0.4, -0.2) is 13.8 Å². The van der Waals surface area contributed by atoms with Crippen LogP contribution < -0.4 is 10.2 Å². The highest BCUT2D eigenvalue weighted by molar-refractivity contribution is 6.32. The molecule has 0 atom stereocenters. The van der Waals surface area contributed by atoms with E-state index in [4.69, 9.17) is 4.74 Å². The van der Waals surface area contributed by atoms with E-state index in [1.165, 1.54) is 6.92 Å². The van der Waals surface area contributed by atoms with Crippen LogP contribution >= 0.6 is 0 Å². The zero-order chi connectivity index (χ0) is 8.27. The van der Waals surface area contributed by atoms with Gasteiger partial charge in [0, 0.05) is 6.92 Å². The smallest absolute Gasteiger partial charge is 0.308 e. The summed E-state index contributed by atoms with van der Waals surface area (Å²) < 4.78 is 4.83. The van der Waals surface area contributed by atoms with Crippen LogP contribution in [0.3, 0.4) is 0 Å². The fourth-order valence-corrected chi connectivity index (χ4v) is 0.772. The van der Waals surface area contributed by atoms with Crippen LogP contribution in [0.25, 0.3) is 0 Å². The van der Waals surface area contributed by atoms with E-state index in [1.807, 2.05) is 20.0 Å². The van der Waals surface area contributed by atoms with Gasteiger partial charge < -0.3 is 4.74 Å². The number of esters is 1. The van der Waals surface area contributed by atoms with Crippen molar-refractivity contribution in [2.75, 3.05) is 0 Å². The molecule has 0 N–H and O–H groups in total. The van der Waals surface area contributed by atoms with Crippen LogP contribution in [0.5, 0.6) is 5.75 Å². The van der Waals surface area contributed by atoms with Crippen molar-refractivity contribution in [1.29, 1.82) is 0 Å². The molecule has 0 radical (unpaired) electrons. The van der Waals surface area contributed by atoms with Crippen LogP contribution in [-0.2, 0) is 4.79 Å². The first-order chi connectivity index (χ1) is 5.18. The van der Waals surface area contributed by atoms with E-state index < -0.39 is 0 Å². The number of carbonyl (C=O) groups excluding carboxylic acids is 1. The van der Waals surface area contributed by atoms with Gasteiger partial charge in [-0.05, 0) is 12.1 Å². The molecular formula is C8H9BO2. The Morgan fingerprint density at radius 3 is 2.36 bits per heavy atom. The molecule has 0 aliphatic heterocycles. The van der Waals surface area contributed by atoms with Gasteiger partial charge in [0.15, 0.2) is 0 Å². The summed E-state index contributed by atoms with van der Waals surface area (Å²) in [6.07, 6.45) is 0. The van der Waals surface area contributed by atoms with Crippen LogP contribution in [0, 0.1) is 0 Å². The molecule has 1 aromatic rings. The van der Waals surface area contributed by atoms with Crippen molar-refractivity contribution in [2.45, 2.75) is 6.92 Å². The van der Waals surface area contributed by atoms with Gasteiger partial charge in [-0.25, -0.2) is 0 Å². The third-order valence-corrected chi connectivity index (χ3v) is 1.28. The minimum Gasteiger partial charge on any atom is -0.427 e. The number of benzene rings is 1. The molecule has 3 heteroatoms. The fraction of sp³-hybridized carbons (Fsp3) is 0.125. The van der Waals surface area contributed by atoms with Gasteiger partial charge in [0.25, 0.3) is 0 Å². The zero-order valence-electron chi connectivity index (χ0n) is 6.63. The lowest BCUT2D eigenvalue weighted by Gasteiger charge is -1.99. The van der Waals surface area contributed by atoms with Gasteiger partial charge >= 0.3 is 5.97 Å². The summed E-state index contributed by atoms with van der Waals surface area (Å²) in [4.78, 5) is 10.5. The highest BCUT2D eigenvalue weighted by Gasteiger charge is 1.94. The number of rotatable bonds is 1. The average Bonchev–Trinajstić information content (AvgIpc) is 1.93. The lowest BCUT2D eigenvalue weighted by atomic mass is 9.97. The molecule has 0 aliphatic rings. The lowest BCUT2D eigenvalue weighted by molar-refractivity contribution is -0.131. The molecule has 0 bridgehead atoms. The lowest BCUT2D eigenvalue weighted by Crippen LogP contribution is -2.04. The van der Waals surface area contributed by atoms with E-state index in [9.17, 15) is 4.79 Å². The fourth-order valence-electron chi connectivity index (χ4n) is 0.772. The van der Waals surface area contributed by atoms with E-state index in [1.54, 1.807) is 12.1 Å². The average molecular weight is 148 g/mol. The molecule has 0 unspecified atom stereocenters. The Bertz CT molecular complexity index is 253. The van der Waals surface area contributed by atoms with Crippen molar-refractivity contribution in [3.8, 4) is 5.75 Å². The van der Waals surface area contributed by atoms with E-state index in [-0.39, 0.29) is 5.97 Å². The number of hydrogen-bond acceptors (Lipinski definition) is 2. The van der Waals surface area contributed by atoms with Crippen LogP contribution in [0.1, 0.15) is 6.92 Å². The monoisotopic (exact) mass is 148 g/mol. The molecule has 0 amide bonds. The molecule has 2 nitrogen and oxygen atoms in total. The van der Waals surface area contributed by atoms with Crippen LogP contribution in [0.2, 0.25) is 0 Å². The van der Waals surface area contributed by atoms with Gasteiger partial charge in [-0.1, -0.05) is 17.6 Å². The minimum atomic E-state index is -0.283. The summed E-state index contributed by atoms with van der Waals surface area (Å²) >= 11 is 0. The van der Waals surface area contributed by atoms with E-state index in [0.29, 0.717) is 5.75 Å². The first-order valence-electron chi connectivity index (χ1n) is 3.43. The molecule has 0 fully saturated rings. The second-order valence-electron chi connectivity index (χ2n) is 2.41. The number of hydrogen-bond donors (Lipinski definition) is 0. The van der Waals surface area contributed by atoms with Crippen molar-refractivity contribution in [3.05, 3.63) is 24.3 Å². The Hall–Kier alpha value is -1.25. The maximum absolute atomic E-state index is 10.5. The Kier molecular flexibility index (Phi) is 2.31. The zero-order valence-corrected chi connectivity index (χ0v) is 6.63. The van der Waals surface area contributed by atoms with E-state index in [0.717, 1.165) is 5.46 Å². The molecule has 0 saturated heterocycles. The molecule has 0 aliphatic carbocycles. The predicted octanol–water partition coefficient (Wildman–Crippen LogP) is -0.130. The summed E-state index contributed by atoms with van der Waals surface area (Å²) in [5, 5.41) is 0. The maximum Gasteiger partial charge on any atom is 0.308 e. The molecule has 11 heavy (non-hydrogen) atoms. The van der Waals surface area contributed by atoms with Crippen molar-refractivity contribution in [2.24, 2.45) is 0 Å². The minimum absolute atomic E-state index is 0.283. The summed E-state index contributed by atoms with van der Waals surface area (Å²) in [6.45, 7) is 1.39. The normalized spacial score (nSPS) is 9.18. The summed E-state index contributed by atoms with van der Waals surface area (Å²) in [5.74, 6) is 0.317. The van der Waals surface area contributed by atoms with Crippen LogP contribution in [0.4, 0.5) is 0 Å². The highest BCUT2D eigenvalue weighted by atomic mass is 16.5. The Balaban J connectivity index is 2.74. The third kappa shape index (κ3) is 2.46. The van der Waals surface area contributed by atoms with Crippen LogP contribution in [0.15, 0.2) is 24.3 Å². The Morgan fingerprint density at radius 1 is 1.36 bits per heavy atom. The van der Waals surface area contributed by atoms with Gasteiger partial charge in [-0.15, -0.1) is 0 Å². The third-order valence-electron chi connectivity index (χ3n) is 1.28. The van der Waals surface area contributed by atoms with Crippen molar-refractivity contribution < 1.29 is 9.53 Å². The predicted molar refractivity (Wildman–Crippen MR) is 45.9 cm³/mol. The van der Waals surface area contributed by atoms with Gasteiger partial charge in [0.2, 0.25) is 0 Å². The second kappa shape index (κ2) is 3.24. The quantitative estimate of drug-likeness (QED) is 0.315.